The van der Waals surface area contributed by atoms with E-state index in [1.807, 2.05) is 0 Å². The first-order valence-electron chi connectivity index (χ1n) is 12.2. The van der Waals surface area contributed by atoms with Gasteiger partial charge in [-0.25, -0.2) is 9.79 Å². The maximum atomic E-state index is 14.0. The maximum Gasteiger partial charge on any atom is 0.338 e. The highest BCUT2D eigenvalue weighted by molar-refractivity contribution is 7.07. The van der Waals surface area contributed by atoms with Crippen molar-refractivity contribution in [1.82, 2.24) is 4.57 Å². The third-order valence-electron chi connectivity index (χ3n) is 6.07. The van der Waals surface area contributed by atoms with Crippen LogP contribution in [-0.4, -0.2) is 57.6 Å². The number of benzene rings is 2. The molecule has 1 unspecified atom stereocenters. The van der Waals surface area contributed by atoms with Crippen LogP contribution in [-0.2, 0) is 19.1 Å². The van der Waals surface area contributed by atoms with Crippen LogP contribution in [0.4, 0.5) is 0 Å². The number of para-hydroxylation sites is 2. The fourth-order valence-corrected chi connectivity index (χ4v) is 5.35. The molecule has 210 valence electrons. The number of aromatic nitrogens is 1. The number of amides is 1. The summed E-state index contributed by atoms with van der Waals surface area (Å²) in [5, 5.41) is 0. The lowest BCUT2D eigenvalue weighted by molar-refractivity contribution is -0.140. The number of ether oxygens (including phenoxy) is 5. The summed E-state index contributed by atoms with van der Waals surface area (Å²) in [5.41, 5.74) is 6.60. The van der Waals surface area contributed by atoms with Gasteiger partial charge in [0.25, 0.3) is 11.5 Å². The average Bonchev–Trinajstić information content (AvgIpc) is 3.25. The third kappa shape index (κ3) is 5.77. The number of allylic oxidation sites excluding steroid dienone is 1. The van der Waals surface area contributed by atoms with E-state index in [0.717, 1.165) is 11.3 Å². The SMILES string of the molecule is COCCOC(=O)C1=C(C)N=c2sc(=Cc3cccc(OC)c3OCC(N)=O)c(=O)n2C1c1ccccc1OC. The molecule has 0 fully saturated rings. The minimum atomic E-state index is -0.861. The Bertz CT molecular complexity index is 1640. The van der Waals surface area contributed by atoms with Crippen molar-refractivity contribution in [3.8, 4) is 17.2 Å². The summed E-state index contributed by atoms with van der Waals surface area (Å²) >= 11 is 1.15. The van der Waals surface area contributed by atoms with E-state index in [9.17, 15) is 14.4 Å². The fourth-order valence-electron chi connectivity index (χ4n) is 4.31. The molecule has 0 aliphatic carbocycles. The molecule has 1 aliphatic heterocycles. The van der Waals surface area contributed by atoms with Gasteiger partial charge in [-0.1, -0.05) is 41.7 Å². The number of thiazole rings is 1. The quantitative estimate of drug-likeness (QED) is 0.270. The number of rotatable bonds is 11. The Morgan fingerprint density at radius 2 is 1.77 bits per heavy atom. The van der Waals surface area contributed by atoms with Crippen molar-refractivity contribution in [3.05, 3.63) is 84.5 Å². The van der Waals surface area contributed by atoms with Crippen LogP contribution >= 0.6 is 11.3 Å². The maximum absolute atomic E-state index is 14.0. The number of hydrogen-bond acceptors (Lipinski definition) is 10. The predicted molar refractivity (Wildman–Crippen MR) is 147 cm³/mol. The zero-order chi connectivity index (χ0) is 28.8. The number of carbonyl (C=O) groups excluding carboxylic acids is 2. The lowest BCUT2D eigenvalue weighted by Crippen LogP contribution is -2.40. The fraction of sp³-hybridized carbons (Fsp3) is 0.286. The molecule has 4 rings (SSSR count). The molecule has 2 N–H and O–H groups in total. The molecular formula is C28H29N3O8S. The van der Waals surface area contributed by atoms with Crippen molar-refractivity contribution in [3.63, 3.8) is 0 Å². The van der Waals surface area contributed by atoms with Crippen molar-refractivity contribution in [2.75, 3.05) is 41.2 Å². The molecule has 1 aliphatic rings. The molecule has 1 aromatic heterocycles. The largest absolute Gasteiger partial charge is 0.496 e. The van der Waals surface area contributed by atoms with E-state index in [-0.39, 0.29) is 31.1 Å². The molecule has 0 saturated carbocycles. The molecule has 40 heavy (non-hydrogen) atoms. The van der Waals surface area contributed by atoms with Crippen LogP contribution < -0.4 is 34.8 Å². The molecule has 0 bridgehead atoms. The van der Waals surface area contributed by atoms with Crippen LogP contribution in [0, 0.1) is 0 Å². The third-order valence-corrected chi connectivity index (χ3v) is 7.05. The van der Waals surface area contributed by atoms with E-state index >= 15 is 0 Å². The van der Waals surface area contributed by atoms with Gasteiger partial charge in [-0.3, -0.25) is 14.2 Å². The second-order valence-electron chi connectivity index (χ2n) is 8.59. The van der Waals surface area contributed by atoms with Gasteiger partial charge < -0.3 is 29.4 Å². The Hall–Kier alpha value is -4.42. The molecule has 0 saturated heterocycles. The second-order valence-corrected chi connectivity index (χ2v) is 9.60. The van der Waals surface area contributed by atoms with E-state index in [1.54, 1.807) is 55.5 Å². The van der Waals surface area contributed by atoms with E-state index in [0.29, 0.717) is 37.7 Å². The van der Waals surface area contributed by atoms with Crippen molar-refractivity contribution >= 4 is 29.3 Å². The number of methoxy groups -OCH3 is 3. The van der Waals surface area contributed by atoms with Gasteiger partial charge in [-0.05, 0) is 25.1 Å². The van der Waals surface area contributed by atoms with Gasteiger partial charge >= 0.3 is 5.97 Å². The lowest BCUT2D eigenvalue weighted by atomic mass is 9.95. The lowest BCUT2D eigenvalue weighted by Gasteiger charge is -2.26. The summed E-state index contributed by atoms with van der Waals surface area (Å²) in [4.78, 5) is 43.6. The van der Waals surface area contributed by atoms with Crippen LogP contribution in [0.25, 0.3) is 6.08 Å². The Labute approximate surface area is 233 Å². The number of carbonyl (C=O) groups is 2. The summed E-state index contributed by atoms with van der Waals surface area (Å²) < 4.78 is 28.8. The highest BCUT2D eigenvalue weighted by atomic mass is 32.1. The van der Waals surface area contributed by atoms with E-state index in [2.05, 4.69) is 4.99 Å². The van der Waals surface area contributed by atoms with Gasteiger partial charge in [-0.2, -0.15) is 0 Å². The van der Waals surface area contributed by atoms with Crippen molar-refractivity contribution < 1.29 is 33.3 Å². The number of esters is 1. The highest BCUT2D eigenvalue weighted by Crippen LogP contribution is 2.36. The number of nitrogens with two attached hydrogens (primary N) is 1. The Morgan fingerprint density at radius 3 is 2.48 bits per heavy atom. The van der Waals surface area contributed by atoms with Gasteiger partial charge in [0, 0.05) is 18.2 Å². The van der Waals surface area contributed by atoms with Gasteiger partial charge in [0.05, 0.1) is 36.6 Å². The number of primary amides is 1. The average molecular weight is 568 g/mol. The smallest absolute Gasteiger partial charge is 0.338 e. The summed E-state index contributed by atoms with van der Waals surface area (Å²) in [5.74, 6) is -0.151. The van der Waals surface area contributed by atoms with Crippen molar-refractivity contribution in [2.24, 2.45) is 10.7 Å². The van der Waals surface area contributed by atoms with E-state index in [4.69, 9.17) is 29.4 Å². The first-order valence-corrected chi connectivity index (χ1v) is 13.0. The van der Waals surface area contributed by atoms with Crippen molar-refractivity contribution in [2.45, 2.75) is 13.0 Å². The summed E-state index contributed by atoms with van der Waals surface area (Å²) in [6, 6.07) is 11.4. The molecule has 11 nitrogen and oxygen atoms in total. The standard InChI is InChI=1S/C28H29N3O8S/c1-16-23(27(34)38-13-12-35-2)24(18-9-5-6-10-19(18)36-3)31-26(33)21(40-28(31)30-16)14-17-8-7-11-20(37-4)25(17)39-15-22(29)32/h5-11,14,24H,12-13,15H2,1-4H3,(H2,29,32). The van der Waals surface area contributed by atoms with Crippen molar-refractivity contribution in [1.29, 1.82) is 0 Å². The molecule has 0 spiro atoms. The molecule has 12 heteroatoms. The number of fused-ring (bicyclic) bond motifs is 1. The first kappa shape index (κ1) is 28.6. The topological polar surface area (TPSA) is 141 Å². The number of nitrogens with zero attached hydrogens (tertiary/aromatic N) is 2. The molecule has 1 amide bonds. The van der Waals surface area contributed by atoms with Crippen LogP contribution in [0.3, 0.4) is 0 Å². The van der Waals surface area contributed by atoms with E-state index < -0.39 is 23.5 Å². The number of hydrogen-bond donors (Lipinski definition) is 1. The van der Waals surface area contributed by atoms with Gasteiger partial charge in [0.2, 0.25) is 0 Å². The molecule has 1 atom stereocenters. The Kier molecular flexibility index (Phi) is 9.02. The molecular weight excluding hydrogens is 538 g/mol. The zero-order valence-electron chi connectivity index (χ0n) is 22.5. The Balaban J connectivity index is 1.92. The van der Waals surface area contributed by atoms with Gasteiger partial charge in [0.15, 0.2) is 22.9 Å². The van der Waals surface area contributed by atoms with E-state index in [1.165, 1.54) is 25.9 Å². The van der Waals surface area contributed by atoms with Crippen LogP contribution in [0.15, 0.2) is 63.5 Å². The van der Waals surface area contributed by atoms with Crippen LogP contribution in [0.1, 0.15) is 24.1 Å². The van der Waals surface area contributed by atoms with Gasteiger partial charge in [-0.15, -0.1) is 0 Å². The molecule has 3 aromatic rings. The predicted octanol–water partition coefficient (Wildman–Crippen LogP) is 1.31. The first-order chi connectivity index (χ1) is 19.3. The van der Waals surface area contributed by atoms with Crippen LogP contribution in [0.2, 0.25) is 0 Å². The summed E-state index contributed by atoms with van der Waals surface area (Å²) in [6.45, 7) is 1.59. The van der Waals surface area contributed by atoms with Gasteiger partial charge in [0.1, 0.15) is 18.4 Å². The molecule has 2 heterocycles. The van der Waals surface area contributed by atoms with Crippen LogP contribution in [0.5, 0.6) is 17.2 Å². The summed E-state index contributed by atoms with van der Waals surface area (Å²) in [7, 11) is 4.49. The Morgan fingerprint density at radius 1 is 1.05 bits per heavy atom. The second kappa shape index (κ2) is 12.6. The molecule has 2 aromatic carbocycles. The minimum Gasteiger partial charge on any atom is -0.496 e. The summed E-state index contributed by atoms with van der Waals surface area (Å²) in [6.07, 6.45) is 1.62. The minimum absolute atomic E-state index is 0.0408. The zero-order valence-corrected chi connectivity index (χ0v) is 23.3. The normalized spacial score (nSPS) is 14.8. The monoisotopic (exact) mass is 567 g/mol. The highest BCUT2D eigenvalue weighted by Gasteiger charge is 2.35. The molecule has 0 radical (unpaired) electrons.